The average molecular weight is 381 g/mol. The molecule has 6 nitrogen and oxygen atoms in total. The smallest absolute Gasteiger partial charge is 0.317 e. The van der Waals surface area contributed by atoms with E-state index in [1.807, 2.05) is 47.7 Å². The minimum atomic E-state index is -0.253. The van der Waals surface area contributed by atoms with Gasteiger partial charge in [0.2, 0.25) is 0 Å². The molecule has 1 N–H and O–H groups in total. The molecule has 2 amide bonds. The van der Waals surface area contributed by atoms with E-state index < -0.39 is 0 Å². The van der Waals surface area contributed by atoms with E-state index >= 15 is 0 Å². The Balaban J connectivity index is 1.56. The lowest BCUT2D eigenvalue weighted by molar-refractivity contribution is 0.192. The third-order valence-corrected chi connectivity index (χ3v) is 4.96. The molecule has 1 aromatic carbocycles. The molecular formula is C21H24FN5O. The Kier molecular flexibility index (Phi) is 4.90. The Hall–Kier alpha value is -3.09. The first-order valence-corrected chi connectivity index (χ1v) is 9.55. The van der Waals surface area contributed by atoms with Crippen LogP contribution >= 0.6 is 0 Å². The summed E-state index contributed by atoms with van der Waals surface area (Å²) >= 11 is 0. The number of anilines is 1. The molecule has 0 radical (unpaired) electrons. The van der Waals surface area contributed by atoms with E-state index in [1.54, 1.807) is 12.3 Å². The van der Waals surface area contributed by atoms with Crippen LogP contribution in [-0.2, 0) is 0 Å². The van der Waals surface area contributed by atoms with Crippen LogP contribution in [0.4, 0.5) is 14.9 Å². The van der Waals surface area contributed by atoms with Crippen molar-refractivity contribution in [1.82, 2.24) is 19.8 Å². The summed E-state index contributed by atoms with van der Waals surface area (Å²) < 4.78 is 15.4. The lowest BCUT2D eigenvalue weighted by atomic mass is 10.1. The Morgan fingerprint density at radius 3 is 2.61 bits per heavy atom. The summed E-state index contributed by atoms with van der Waals surface area (Å²) in [6.45, 7) is 6.78. The van der Waals surface area contributed by atoms with E-state index in [0.29, 0.717) is 13.1 Å². The fourth-order valence-electron chi connectivity index (χ4n) is 3.58. The zero-order valence-corrected chi connectivity index (χ0v) is 16.1. The van der Waals surface area contributed by atoms with Crippen molar-refractivity contribution >= 4 is 17.2 Å². The highest BCUT2D eigenvalue weighted by molar-refractivity contribution is 5.80. The molecule has 1 aliphatic heterocycles. The highest BCUT2D eigenvalue weighted by Crippen LogP contribution is 2.29. The van der Waals surface area contributed by atoms with Gasteiger partial charge in [-0.15, -0.1) is 0 Å². The van der Waals surface area contributed by atoms with Gasteiger partial charge in [0.25, 0.3) is 0 Å². The van der Waals surface area contributed by atoms with Crippen molar-refractivity contribution in [2.45, 2.75) is 19.9 Å². The number of aromatic nitrogens is 2. The van der Waals surface area contributed by atoms with E-state index in [-0.39, 0.29) is 17.9 Å². The number of rotatable bonds is 3. The fourth-order valence-corrected chi connectivity index (χ4v) is 3.58. The zero-order valence-electron chi connectivity index (χ0n) is 16.1. The van der Waals surface area contributed by atoms with Gasteiger partial charge >= 0.3 is 6.03 Å². The van der Waals surface area contributed by atoms with Gasteiger partial charge in [-0.25, -0.2) is 13.7 Å². The molecule has 0 bridgehead atoms. The minimum absolute atomic E-state index is 0.00870. The first-order chi connectivity index (χ1) is 13.5. The highest BCUT2D eigenvalue weighted by Gasteiger charge is 2.23. The number of piperazine rings is 1. The second kappa shape index (κ2) is 7.50. The Morgan fingerprint density at radius 1 is 1.11 bits per heavy atom. The number of urea groups is 1. The van der Waals surface area contributed by atoms with Crippen LogP contribution in [-0.4, -0.2) is 52.8 Å². The number of benzene rings is 1. The minimum Gasteiger partial charge on any atom is -0.366 e. The molecule has 2 aromatic heterocycles. The monoisotopic (exact) mass is 381 g/mol. The Morgan fingerprint density at radius 2 is 1.89 bits per heavy atom. The maximum Gasteiger partial charge on any atom is 0.317 e. The number of halogens is 1. The summed E-state index contributed by atoms with van der Waals surface area (Å²) in [5.41, 5.74) is 3.80. The van der Waals surface area contributed by atoms with Crippen LogP contribution in [0.1, 0.15) is 13.8 Å². The van der Waals surface area contributed by atoms with Gasteiger partial charge in [-0.3, -0.25) is 0 Å². The number of amides is 2. The molecule has 1 saturated heterocycles. The van der Waals surface area contributed by atoms with E-state index in [0.717, 1.165) is 35.4 Å². The summed E-state index contributed by atoms with van der Waals surface area (Å²) in [6, 6.07) is 10.7. The fraction of sp³-hybridized carbons (Fsp3) is 0.333. The number of nitrogens with one attached hydrogen (secondary N) is 1. The van der Waals surface area contributed by atoms with Crippen LogP contribution in [0.2, 0.25) is 0 Å². The summed E-state index contributed by atoms with van der Waals surface area (Å²) in [7, 11) is 0. The molecule has 0 saturated carbocycles. The van der Waals surface area contributed by atoms with Gasteiger partial charge in [-0.05, 0) is 43.7 Å². The summed E-state index contributed by atoms with van der Waals surface area (Å²) in [4.78, 5) is 16.3. The number of nitrogens with zero attached hydrogens (tertiary/aromatic N) is 4. The van der Waals surface area contributed by atoms with Crippen molar-refractivity contribution in [1.29, 1.82) is 0 Å². The summed E-state index contributed by atoms with van der Waals surface area (Å²) in [5.74, 6) is -0.253. The molecule has 146 valence electrons. The topological polar surface area (TPSA) is 52.9 Å². The number of fused-ring (bicyclic) bond motifs is 1. The molecule has 0 unspecified atom stereocenters. The second-order valence-electron chi connectivity index (χ2n) is 7.36. The molecule has 3 heterocycles. The SMILES string of the molecule is CC(C)NC(=O)N1CCN(c2ccnn3cc(-c4cccc(F)c4)cc23)CC1. The molecule has 7 heteroatoms. The van der Waals surface area contributed by atoms with Gasteiger partial charge in [0.1, 0.15) is 5.82 Å². The van der Waals surface area contributed by atoms with Crippen LogP contribution < -0.4 is 10.2 Å². The lowest BCUT2D eigenvalue weighted by Gasteiger charge is -2.36. The third kappa shape index (κ3) is 3.65. The Bertz CT molecular complexity index is 991. The average Bonchev–Trinajstić information content (AvgIpc) is 3.12. The van der Waals surface area contributed by atoms with Crippen molar-refractivity contribution in [3.8, 4) is 11.1 Å². The van der Waals surface area contributed by atoms with E-state index in [9.17, 15) is 9.18 Å². The Labute approximate surface area is 163 Å². The van der Waals surface area contributed by atoms with Crippen LogP contribution in [0.25, 0.3) is 16.6 Å². The predicted octanol–water partition coefficient (Wildman–Crippen LogP) is 3.38. The number of carbonyl (C=O) groups is 1. The van der Waals surface area contributed by atoms with Crippen LogP contribution in [0, 0.1) is 5.82 Å². The zero-order chi connectivity index (χ0) is 19.7. The first-order valence-electron chi connectivity index (χ1n) is 9.55. The second-order valence-corrected chi connectivity index (χ2v) is 7.36. The maximum atomic E-state index is 13.6. The molecule has 4 rings (SSSR count). The molecule has 28 heavy (non-hydrogen) atoms. The molecule has 0 atom stereocenters. The number of carbonyl (C=O) groups excluding carboxylic acids is 1. The van der Waals surface area contributed by atoms with Crippen molar-refractivity contribution in [3.05, 3.63) is 54.6 Å². The van der Waals surface area contributed by atoms with Crippen LogP contribution in [0.3, 0.4) is 0 Å². The quantitative estimate of drug-likeness (QED) is 0.757. The van der Waals surface area contributed by atoms with Crippen molar-refractivity contribution in [2.75, 3.05) is 31.1 Å². The maximum absolute atomic E-state index is 13.6. The number of hydrogen-bond donors (Lipinski definition) is 1. The van der Waals surface area contributed by atoms with Gasteiger partial charge in [-0.2, -0.15) is 5.10 Å². The third-order valence-electron chi connectivity index (χ3n) is 4.96. The normalized spacial score (nSPS) is 14.7. The van der Waals surface area contributed by atoms with Crippen molar-refractivity contribution < 1.29 is 9.18 Å². The number of hydrogen-bond acceptors (Lipinski definition) is 3. The van der Waals surface area contributed by atoms with E-state index in [4.69, 9.17) is 0 Å². The van der Waals surface area contributed by atoms with E-state index in [2.05, 4.69) is 15.3 Å². The molecule has 1 fully saturated rings. The van der Waals surface area contributed by atoms with Gasteiger partial charge in [0.05, 0.1) is 11.2 Å². The van der Waals surface area contributed by atoms with Crippen molar-refractivity contribution in [3.63, 3.8) is 0 Å². The first kappa shape index (κ1) is 18.3. The molecular weight excluding hydrogens is 357 g/mol. The van der Waals surface area contributed by atoms with E-state index in [1.165, 1.54) is 12.1 Å². The molecule has 0 aliphatic carbocycles. The molecule has 3 aromatic rings. The predicted molar refractivity (Wildman–Crippen MR) is 108 cm³/mol. The van der Waals surface area contributed by atoms with Crippen LogP contribution in [0.5, 0.6) is 0 Å². The molecule has 0 spiro atoms. The lowest BCUT2D eigenvalue weighted by Crippen LogP contribution is -2.53. The van der Waals surface area contributed by atoms with Gasteiger partial charge in [-0.1, -0.05) is 12.1 Å². The van der Waals surface area contributed by atoms with Gasteiger partial charge in [0, 0.05) is 50.2 Å². The van der Waals surface area contributed by atoms with Gasteiger partial charge < -0.3 is 15.1 Å². The van der Waals surface area contributed by atoms with Crippen LogP contribution in [0.15, 0.2) is 48.8 Å². The standard InChI is InChI=1S/C21H24FN5O/c1-15(2)24-21(28)26-10-8-25(9-11-26)19-6-7-23-27-14-17(13-20(19)27)16-4-3-5-18(22)12-16/h3-7,12-15H,8-11H2,1-2H3,(H,24,28). The summed E-state index contributed by atoms with van der Waals surface area (Å²) in [6.07, 6.45) is 3.69. The largest absolute Gasteiger partial charge is 0.366 e. The molecule has 1 aliphatic rings. The van der Waals surface area contributed by atoms with Gasteiger partial charge in [0.15, 0.2) is 0 Å². The van der Waals surface area contributed by atoms with Crippen molar-refractivity contribution in [2.24, 2.45) is 0 Å². The highest BCUT2D eigenvalue weighted by atomic mass is 19.1. The summed E-state index contributed by atoms with van der Waals surface area (Å²) in [5, 5.41) is 7.35.